The molecule has 1 unspecified atom stereocenters. The second-order valence-electron chi connectivity index (χ2n) is 5.46. The highest BCUT2D eigenvalue weighted by molar-refractivity contribution is 4.53. The molecule has 0 aromatic rings. The zero-order valence-corrected chi connectivity index (χ0v) is 11.7. The molecule has 0 aromatic heterocycles. The Morgan fingerprint density at radius 2 is 1.88 bits per heavy atom. The van der Waals surface area contributed by atoms with E-state index >= 15 is 0 Å². The highest BCUT2D eigenvalue weighted by Gasteiger charge is 2.18. The van der Waals surface area contributed by atoms with Gasteiger partial charge in [-0.25, -0.2) is 0 Å². The van der Waals surface area contributed by atoms with Crippen molar-refractivity contribution in [3.05, 3.63) is 0 Å². The minimum atomic E-state index is -0.170. The van der Waals surface area contributed by atoms with Crippen molar-refractivity contribution < 1.29 is 9.59 Å². The molecule has 0 aliphatic heterocycles. The van der Waals surface area contributed by atoms with E-state index in [0.29, 0.717) is 0 Å². The lowest BCUT2D eigenvalue weighted by Gasteiger charge is -2.31. The first kappa shape index (κ1) is 15.8. The van der Waals surface area contributed by atoms with E-state index in [1.807, 2.05) is 6.92 Å². The van der Waals surface area contributed by atoms with E-state index in [-0.39, 0.29) is 6.10 Å². The summed E-state index contributed by atoms with van der Waals surface area (Å²) in [4.78, 5) is 2.17. The number of nitrogens with one attached hydrogen (secondary N) is 1. The molecule has 1 atom stereocenters. The fraction of sp³-hybridized carbons (Fsp3) is 1.00. The van der Waals surface area contributed by atoms with Crippen molar-refractivity contribution in [1.29, 1.82) is 0 Å². The van der Waals surface area contributed by atoms with Crippen LogP contribution in [0.1, 0.15) is 13.3 Å². The van der Waals surface area contributed by atoms with Gasteiger partial charge in [-0.1, -0.05) is 6.92 Å². The maximum absolute atomic E-state index is 9.63. The monoisotopic (exact) mass is 232 g/mol. The molecule has 0 saturated heterocycles. The molecule has 0 rings (SSSR count). The first-order valence-corrected chi connectivity index (χ1v) is 6.23. The largest absolute Gasteiger partial charge is 0.387 e. The van der Waals surface area contributed by atoms with Gasteiger partial charge < -0.3 is 19.8 Å². The Bertz CT molecular complexity index is 172. The molecule has 16 heavy (non-hydrogen) atoms. The zero-order chi connectivity index (χ0) is 12.6. The number of rotatable bonds is 9. The third-order valence-corrected chi connectivity index (χ3v) is 2.81. The second-order valence-corrected chi connectivity index (χ2v) is 5.46. The SMILES string of the molecule is CCC(O)C[N+](C)(C)CCNCCN(C)C. The van der Waals surface area contributed by atoms with Crippen molar-refractivity contribution in [2.75, 3.05) is 60.9 Å². The zero-order valence-electron chi connectivity index (χ0n) is 11.7. The number of quaternary nitrogens is 1. The van der Waals surface area contributed by atoms with Gasteiger partial charge in [-0.2, -0.15) is 0 Å². The molecule has 0 fully saturated rings. The minimum Gasteiger partial charge on any atom is -0.387 e. The Labute approximate surface area is 101 Å². The molecule has 0 aliphatic carbocycles. The molecule has 0 radical (unpaired) electrons. The van der Waals surface area contributed by atoms with Gasteiger partial charge in [-0.15, -0.1) is 0 Å². The fourth-order valence-corrected chi connectivity index (χ4v) is 1.60. The summed E-state index contributed by atoms with van der Waals surface area (Å²) < 4.78 is 0.879. The molecule has 0 amide bonds. The number of aliphatic hydroxyl groups is 1. The third kappa shape index (κ3) is 9.09. The standard InChI is InChI=1S/C12H30N3O/c1-6-12(16)11-15(4,5)10-8-13-7-9-14(2)3/h12-13,16H,6-11H2,1-5H3/q+1. The highest BCUT2D eigenvalue weighted by atomic mass is 16.3. The topological polar surface area (TPSA) is 35.5 Å². The molecular weight excluding hydrogens is 202 g/mol. The molecule has 0 aromatic carbocycles. The molecule has 0 saturated carbocycles. The lowest BCUT2D eigenvalue weighted by Crippen LogP contribution is -2.49. The normalized spacial score (nSPS) is 14.4. The quantitative estimate of drug-likeness (QED) is 0.433. The van der Waals surface area contributed by atoms with E-state index in [1.165, 1.54) is 0 Å². The number of aliphatic hydroxyl groups excluding tert-OH is 1. The Morgan fingerprint density at radius 1 is 1.25 bits per heavy atom. The summed E-state index contributed by atoms with van der Waals surface area (Å²) in [5.74, 6) is 0. The first-order chi connectivity index (χ1) is 7.37. The molecule has 4 nitrogen and oxygen atoms in total. The molecule has 0 bridgehead atoms. The van der Waals surface area contributed by atoms with Crippen LogP contribution in [-0.2, 0) is 0 Å². The average molecular weight is 232 g/mol. The van der Waals surface area contributed by atoms with Gasteiger partial charge in [-0.05, 0) is 20.5 Å². The van der Waals surface area contributed by atoms with Gasteiger partial charge in [0, 0.05) is 19.6 Å². The van der Waals surface area contributed by atoms with Gasteiger partial charge >= 0.3 is 0 Å². The van der Waals surface area contributed by atoms with Crippen molar-refractivity contribution in [1.82, 2.24) is 10.2 Å². The Hall–Kier alpha value is -0.160. The predicted octanol–water partition coefficient (Wildman–Crippen LogP) is -0.0151. The molecule has 0 spiro atoms. The van der Waals surface area contributed by atoms with E-state index < -0.39 is 0 Å². The van der Waals surface area contributed by atoms with Crippen LogP contribution in [0.2, 0.25) is 0 Å². The summed E-state index contributed by atoms with van der Waals surface area (Å²) in [6, 6.07) is 0. The summed E-state index contributed by atoms with van der Waals surface area (Å²) >= 11 is 0. The third-order valence-electron chi connectivity index (χ3n) is 2.81. The lowest BCUT2D eigenvalue weighted by atomic mass is 10.2. The van der Waals surface area contributed by atoms with Gasteiger partial charge in [0.05, 0.1) is 20.6 Å². The van der Waals surface area contributed by atoms with Gasteiger partial charge in [0.1, 0.15) is 12.6 Å². The number of hydrogen-bond acceptors (Lipinski definition) is 3. The van der Waals surface area contributed by atoms with E-state index in [1.54, 1.807) is 0 Å². The molecule has 4 heteroatoms. The van der Waals surface area contributed by atoms with Crippen LogP contribution >= 0.6 is 0 Å². The minimum absolute atomic E-state index is 0.170. The van der Waals surface area contributed by atoms with Crippen LogP contribution in [0.15, 0.2) is 0 Å². The number of likely N-dealkylation sites (N-methyl/N-ethyl adjacent to an activating group) is 2. The predicted molar refractivity (Wildman–Crippen MR) is 69.6 cm³/mol. The van der Waals surface area contributed by atoms with Crippen LogP contribution in [0.25, 0.3) is 0 Å². The van der Waals surface area contributed by atoms with Crippen molar-refractivity contribution in [3.63, 3.8) is 0 Å². The van der Waals surface area contributed by atoms with Crippen LogP contribution in [0.3, 0.4) is 0 Å². The Balaban J connectivity index is 3.57. The maximum atomic E-state index is 9.63. The van der Waals surface area contributed by atoms with Crippen molar-refractivity contribution in [2.45, 2.75) is 19.4 Å². The van der Waals surface area contributed by atoms with Crippen LogP contribution in [0.5, 0.6) is 0 Å². The summed E-state index contributed by atoms with van der Waals surface area (Å²) in [6.45, 7) is 7.04. The van der Waals surface area contributed by atoms with Crippen LogP contribution in [-0.4, -0.2) is 81.5 Å². The van der Waals surface area contributed by atoms with Crippen molar-refractivity contribution in [2.24, 2.45) is 0 Å². The lowest BCUT2D eigenvalue weighted by molar-refractivity contribution is -0.892. The molecule has 2 N–H and O–H groups in total. The van der Waals surface area contributed by atoms with E-state index in [2.05, 4.69) is 38.4 Å². The molecular formula is C12H30N3O+. The van der Waals surface area contributed by atoms with Crippen LogP contribution in [0.4, 0.5) is 0 Å². The van der Waals surface area contributed by atoms with Crippen molar-refractivity contribution >= 4 is 0 Å². The van der Waals surface area contributed by atoms with Crippen LogP contribution in [0, 0.1) is 0 Å². The number of nitrogens with zero attached hydrogens (tertiary/aromatic N) is 2. The molecule has 98 valence electrons. The molecule has 0 heterocycles. The summed E-state index contributed by atoms with van der Waals surface area (Å²) in [5.41, 5.74) is 0. The average Bonchev–Trinajstić information content (AvgIpc) is 2.15. The summed E-state index contributed by atoms with van der Waals surface area (Å²) in [7, 11) is 8.51. The van der Waals surface area contributed by atoms with Gasteiger partial charge in [0.15, 0.2) is 0 Å². The molecule has 0 aliphatic rings. The first-order valence-electron chi connectivity index (χ1n) is 6.23. The summed E-state index contributed by atoms with van der Waals surface area (Å²) in [6.07, 6.45) is 0.673. The second kappa shape index (κ2) is 8.01. The van der Waals surface area contributed by atoms with Gasteiger partial charge in [0.2, 0.25) is 0 Å². The van der Waals surface area contributed by atoms with Gasteiger partial charge in [0.25, 0.3) is 0 Å². The number of hydrogen-bond donors (Lipinski definition) is 2. The van der Waals surface area contributed by atoms with E-state index in [9.17, 15) is 5.11 Å². The fourth-order valence-electron chi connectivity index (χ4n) is 1.60. The Kier molecular flexibility index (Phi) is 7.93. The van der Waals surface area contributed by atoms with Gasteiger partial charge in [-0.3, -0.25) is 0 Å². The van der Waals surface area contributed by atoms with Crippen molar-refractivity contribution in [3.8, 4) is 0 Å². The Morgan fingerprint density at radius 3 is 2.38 bits per heavy atom. The van der Waals surface area contributed by atoms with E-state index in [0.717, 1.165) is 43.6 Å². The highest BCUT2D eigenvalue weighted by Crippen LogP contribution is 2.01. The maximum Gasteiger partial charge on any atom is 0.105 e. The van der Waals surface area contributed by atoms with E-state index in [4.69, 9.17) is 0 Å². The smallest absolute Gasteiger partial charge is 0.105 e. The summed E-state index contributed by atoms with van der Waals surface area (Å²) in [5, 5.41) is 13.1. The van der Waals surface area contributed by atoms with Crippen LogP contribution < -0.4 is 5.32 Å².